The van der Waals surface area contributed by atoms with Crippen LogP contribution in [0.2, 0.25) is 0 Å². The van der Waals surface area contributed by atoms with Crippen molar-refractivity contribution in [3.63, 3.8) is 0 Å². The maximum atomic E-state index is 14.6. The number of hydrogen-bond acceptors (Lipinski definition) is 5. The summed E-state index contributed by atoms with van der Waals surface area (Å²) in [5, 5.41) is 0. The Balaban J connectivity index is 1.05. The highest BCUT2D eigenvalue weighted by molar-refractivity contribution is 7.93. The number of rotatable bonds is 8. The lowest BCUT2D eigenvalue weighted by Gasteiger charge is -2.45. The molecule has 3 atom stereocenters. The molecule has 4 aromatic rings. The number of piperidine rings is 2. The summed E-state index contributed by atoms with van der Waals surface area (Å²) >= 11 is 0. The number of nitrogens with zero attached hydrogens (tertiary/aromatic N) is 4. The maximum Gasteiger partial charge on any atom is 0.516 e. The topological polar surface area (TPSA) is 87.5 Å². The Morgan fingerprint density at radius 2 is 1.63 bits per heavy atom. The summed E-state index contributed by atoms with van der Waals surface area (Å²) < 4.78 is 80.5. The predicted octanol–water partition coefficient (Wildman–Crippen LogP) is 7.18. The molecular weight excluding hydrogens is 658 g/mol. The number of fused-ring (bicyclic) bond motifs is 3. The van der Waals surface area contributed by atoms with Crippen LogP contribution in [0.1, 0.15) is 72.7 Å². The van der Waals surface area contributed by atoms with E-state index in [-0.39, 0.29) is 22.5 Å². The molecule has 49 heavy (non-hydrogen) atoms. The van der Waals surface area contributed by atoms with Crippen LogP contribution in [-0.2, 0) is 15.4 Å². The van der Waals surface area contributed by atoms with Crippen LogP contribution in [0.15, 0.2) is 72.8 Å². The third-order valence-corrected chi connectivity index (χ3v) is 12.1. The van der Waals surface area contributed by atoms with Crippen molar-refractivity contribution in [3.8, 4) is 0 Å². The minimum absolute atomic E-state index is 0.0842. The monoisotopic (exact) mass is 697 g/mol. The Morgan fingerprint density at radius 3 is 2.33 bits per heavy atom. The molecule has 3 fully saturated rings. The van der Waals surface area contributed by atoms with Gasteiger partial charge in [-0.2, -0.15) is 21.6 Å². The van der Waals surface area contributed by atoms with Crippen LogP contribution in [-0.4, -0.2) is 70.9 Å². The number of halogens is 4. The van der Waals surface area contributed by atoms with Gasteiger partial charge in [-0.15, -0.1) is 0 Å². The van der Waals surface area contributed by atoms with E-state index in [1.165, 1.54) is 34.5 Å². The van der Waals surface area contributed by atoms with Gasteiger partial charge in [0.2, 0.25) is 0 Å². The van der Waals surface area contributed by atoms with Crippen LogP contribution < -0.4 is 4.72 Å². The number of nitrogens with one attached hydrogen (secondary N) is 1. The molecule has 3 saturated heterocycles. The molecule has 7 rings (SSSR count). The second-order valence-electron chi connectivity index (χ2n) is 13.7. The molecule has 3 aliphatic heterocycles. The average molecular weight is 698 g/mol. The lowest BCUT2D eigenvalue weighted by atomic mass is 9.70. The zero-order valence-electron chi connectivity index (χ0n) is 27.2. The molecule has 1 amide bonds. The van der Waals surface area contributed by atoms with Crippen molar-refractivity contribution in [3.05, 3.63) is 95.6 Å². The number of aryl methyl sites for hydroxylation is 1. The van der Waals surface area contributed by atoms with Gasteiger partial charge in [0.05, 0.1) is 11.0 Å². The number of sulfonamides is 1. The Morgan fingerprint density at radius 1 is 0.939 bits per heavy atom. The molecular formula is C36H39F4N5O3S. The van der Waals surface area contributed by atoms with Gasteiger partial charge in [0.1, 0.15) is 11.6 Å². The van der Waals surface area contributed by atoms with Gasteiger partial charge < -0.3 is 9.47 Å². The van der Waals surface area contributed by atoms with Gasteiger partial charge in [-0.05, 0) is 112 Å². The van der Waals surface area contributed by atoms with Gasteiger partial charge in [-0.1, -0.05) is 30.3 Å². The Kier molecular flexibility index (Phi) is 8.71. The molecule has 1 aromatic heterocycles. The van der Waals surface area contributed by atoms with Crippen LogP contribution in [0.3, 0.4) is 0 Å². The van der Waals surface area contributed by atoms with Crippen molar-refractivity contribution < 1.29 is 30.8 Å². The molecule has 0 radical (unpaired) electrons. The largest absolute Gasteiger partial charge is 0.516 e. The fraction of sp³-hybridized carbons (Fsp3) is 0.444. The van der Waals surface area contributed by atoms with E-state index in [2.05, 4.69) is 34.6 Å². The molecule has 2 bridgehead atoms. The van der Waals surface area contributed by atoms with E-state index in [1.54, 1.807) is 17.0 Å². The summed E-state index contributed by atoms with van der Waals surface area (Å²) in [6, 6.07) is 21.4. The predicted molar refractivity (Wildman–Crippen MR) is 179 cm³/mol. The first-order chi connectivity index (χ1) is 23.3. The van der Waals surface area contributed by atoms with E-state index in [9.17, 15) is 30.8 Å². The van der Waals surface area contributed by atoms with Gasteiger partial charge in [0.25, 0.3) is 5.91 Å². The van der Waals surface area contributed by atoms with Crippen molar-refractivity contribution in [1.29, 1.82) is 0 Å². The van der Waals surface area contributed by atoms with Crippen molar-refractivity contribution in [2.75, 3.05) is 24.4 Å². The van der Waals surface area contributed by atoms with Gasteiger partial charge in [0.15, 0.2) is 0 Å². The summed E-state index contributed by atoms with van der Waals surface area (Å²) in [6.07, 6.45) is 6.36. The van der Waals surface area contributed by atoms with E-state index < -0.39 is 21.4 Å². The first-order valence-electron chi connectivity index (χ1n) is 16.8. The lowest BCUT2D eigenvalue weighted by Crippen LogP contribution is -2.49. The first-order valence-corrected chi connectivity index (χ1v) is 18.3. The van der Waals surface area contributed by atoms with Crippen LogP contribution in [0, 0.1) is 12.7 Å². The summed E-state index contributed by atoms with van der Waals surface area (Å²) in [5.74, 6) is 0.334. The lowest BCUT2D eigenvalue weighted by molar-refractivity contribution is -0.0429. The molecule has 260 valence electrons. The van der Waals surface area contributed by atoms with Gasteiger partial charge in [-0.25, -0.2) is 9.37 Å². The molecule has 0 saturated carbocycles. The fourth-order valence-corrected chi connectivity index (χ4v) is 9.09. The van der Waals surface area contributed by atoms with Gasteiger partial charge in [0, 0.05) is 42.5 Å². The number of benzene rings is 3. The molecule has 4 heterocycles. The third-order valence-electron chi connectivity index (χ3n) is 11.0. The molecule has 3 aromatic carbocycles. The number of hydrogen-bond donors (Lipinski definition) is 1. The summed E-state index contributed by atoms with van der Waals surface area (Å²) in [4.78, 5) is 22.6. The Bertz CT molecular complexity index is 1960. The van der Waals surface area contributed by atoms with Crippen LogP contribution in [0.4, 0.5) is 23.2 Å². The number of carbonyl (C=O) groups is 1. The molecule has 0 aliphatic carbocycles. The second-order valence-corrected chi connectivity index (χ2v) is 15.4. The summed E-state index contributed by atoms with van der Waals surface area (Å²) in [7, 11) is -5.63. The summed E-state index contributed by atoms with van der Waals surface area (Å²) in [6.45, 7) is 3.68. The number of para-hydroxylation sites is 2. The summed E-state index contributed by atoms with van der Waals surface area (Å²) in [5.41, 5.74) is -3.00. The van der Waals surface area contributed by atoms with Crippen LogP contribution in [0.5, 0.6) is 0 Å². The fourth-order valence-electron chi connectivity index (χ4n) is 8.54. The van der Waals surface area contributed by atoms with Gasteiger partial charge in [-0.3, -0.25) is 14.4 Å². The number of likely N-dealkylation sites (tertiary alicyclic amines) is 1. The zero-order valence-corrected chi connectivity index (χ0v) is 28.0. The van der Waals surface area contributed by atoms with E-state index in [0.717, 1.165) is 61.6 Å². The van der Waals surface area contributed by atoms with E-state index in [0.29, 0.717) is 44.1 Å². The molecule has 1 N–H and O–H groups in total. The van der Waals surface area contributed by atoms with Crippen molar-refractivity contribution in [2.24, 2.45) is 0 Å². The number of anilines is 1. The smallest absolute Gasteiger partial charge is 0.339 e. The highest BCUT2D eigenvalue weighted by atomic mass is 32.2. The number of amides is 1. The van der Waals surface area contributed by atoms with Crippen LogP contribution in [0.25, 0.3) is 11.0 Å². The Hall–Kier alpha value is -3.97. The molecule has 13 heteroatoms. The molecule has 8 nitrogen and oxygen atoms in total. The standard InChI is InChI=1S/C36H39F4N5O3S/c1-24-41-32-10-2-3-11-33(32)45(24)31-22-29-12-13-30(23-31)44(29)19-16-35(26-7-5-8-27(37)21-26)14-17-43(18-15-35)34(46)25-6-4-9-28(20-25)42-49(47,48)36(38,39)40/h2-11,20-21,29-31,42H,12-19,22-23H2,1H3/t29-,30+,31?. The van der Waals surface area contributed by atoms with Gasteiger partial charge >= 0.3 is 15.5 Å². The van der Waals surface area contributed by atoms with E-state index in [4.69, 9.17) is 4.98 Å². The third kappa shape index (κ3) is 6.42. The minimum Gasteiger partial charge on any atom is -0.339 e. The van der Waals surface area contributed by atoms with Crippen LogP contribution >= 0.6 is 0 Å². The quantitative estimate of drug-likeness (QED) is 0.197. The highest BCUT2D eigenvalue weighted by Gasteiger charge is 2.47. The number of aromatic nitrogens is 2. The van der Waals surface area contributed by atoms with Crippen molar-refractivity contribution in [1.82, 2.24) is 19.4 Å². The normalized spacial score (nSPS) is 22.8. The SMILES string of the molecule is Cc1nc2ccccc2n1C1C[C@H]2CC[C@@H](C1)N2CCC1(c2cccc(F)c2)CCN(C(=O)c2cccc(NS(=O)(=O)C(F)(F)F)c2)CC1. The average Bonchev–Trinajstić information content (AvgIpc) is 3.53. The van der Waals surface area contributed by atoms with E-state index in [1.807, 2.05) is 12.1 Å². The van der Waals surface area contributed by atoms with Crippen molar-refractivity contribution >= 4 is 32.7 Å². The van der Waals surface area contributed by atoms with Crippen molar-refractivity contribution in [2.45, 2.75) is 80.9 Å². The molecule has 3 aliphatic rings. The number of carbonyl (C=O) groups excluding carboxylic acids is 1. The minimum atomic E-state index is -5.63. The maximum absolute atomic E-state index is 14.6. The number of imidazole rings is 1. The Labute approximate surface area is 283 Å². The molecule has 1 unspecified atom stereocenters. The highest BCUT2D eigenvalue weighted by Crippen LogP contribution is 2.45. The van der Waals surface area contributed by atoms with E-state index >= 15 is 0 Å². The zero-order chi connectivity index (χ0) is 34.6. The number of alkyl halides is 3. The first kappa shape index (κ1) is 33.5. The second kappa shape index (κ2) is 12.7. The molecule has 0 spiro atoms.